The number of esters is 1. The Hall–Kier alpha value is -1.38. The first-order chi connectivity index (χ1) is 8.18. The number of aryl methyl sites for hydroxylation is 1. The number of rotatable bonds is 2. The Balaban J connectivity index is 2.06. The summed E-state index contributed by atoms with van der Waals surface area (Å²) in [6.07, 6.45) is 5.16. The summed E-state index contributed by atoms with van der Waals surface area (Å²) in [6.45, 7) is 1.65. The van der Waals surface area contributed by atoms with Crippen LogP contribution in [-0.2, 0) is 4.74 Å². The van der Waals surface area contributed by atoms with Crippen LogP contribution in [0.3, 0.4) is 0 Å². The molecule has 2 rings (SSSR count). The molecular weight excluding hydrogens is 219 g/mol. The molecule has 0 heterocycles. The monoisotopic (exact) mass is 236 g/mol. The number of hydrogen-bond acceptors (Lipinski definition) is 2. The molecule has 1 aromatic carbocycles. The van der Waals surface area contributed by atoms with Crippen molar-refractivity contribution in [2.75, 3.05) is 0 Å². The zero-order chi connectivity index (χ0) is 12.3. The van der Waals surface area contributed by atoms with E-state index in [-0.39, 0.29) is 11.7 Å². The molecule has 1 aliphatic rings. The van der Waals surface area contributed by atoms with Crippen LogP contribution in [0.1, 0.15) is 48.0 Å². The van der Waals surface area contributed by atoms with Gasteiger partial charge in [0.05, 0.1) is 5.56 Å². The van der Waals surface area contributed by atoms with E-state index in [9.17, 15) is 9.18 Å². The van der Waals surface area contributed by atoms with Gasteiger partial charge in [-0.3, -0.25) is 0 Å². The molecule has 0 N–H and O–H groups in total. The molecule has 0 aromatic heterocycles. The van der Waals surface area contributed by atoms with Crippen molar-refractivity contribution >= 4 is 5.97 Å². The third-order valence-electron chi connectivity index (χ3n) is 3.24. The van der Waals surface area contributed by atoms with Crippen LogP contribution in [0.2, 0.25) is 0 Å². The maximum absolute atomic E-state index is 13.7. The van der Waals surface area contributed by atoms with E-state index in [2.05, 4.69) is 0 Å². The Morgan fingerprint density at radius 1 is 1.29 bits per heavy atom. The smallest absolute Gasteiger partial charge is 0.341 e. The average Bonchev–Trinajstić information content (AvgIpc) is 2.34. The van der Waals surface area contributed by atoms with Gasteiger partial charge in [-0.2, -0.15) is 0 Å². The summed E-state index contributed by atoms with van der Waals surface area (Å²) in [5, 5.41) is 0. The van der Waals surface area contributed by atoms with Crippen LogP contribution in [0.4, 0.5) is 4.39 Å². The number of hydrogen-bond donors (Lipinski definition) is 0. The van der Waals surface area contributed by atoms with Gasteiger partial charge in [-0.15, -0.1) is 0 Å². The lowest BCUT2D eigenvalue weighted by molar-refractivity contribution is 0.0206. The zero-order valence-corrected chi connectivity index (χ0v) is 10.0. The molecule has 0 unspecified atom stereocenters. The summed E-state index contributed by atoms with van der Waals surface area (Å²) in [5.41, 5.74) is 0.527. The van der Waals surface area contributed by atoms with Crippen LogP contribution < -0.4 is 0 Å². The predicted octanol–water partition coefficient (Wildman–Crippen LogP) is 3.62. The molecule has 0 saturated heterocycles. The predicted molar refractivity (Wildman–Crippen MR) is 63.4 cm³/mol. The molecule has 1 fully saturated rings. The fourth-order valence-electron chi connectivity index (χ4n) is 2.20. The Bertz CT molecular complexity index is 409. The lowest BCUT2D eigenvalue weighted by Crippen LogP contribution is -2.21. The van der Waals surface area contributed by atoms with Gasteiger partial charge >= 0.3 is 5.97 Å². The Labute approximate surface area is 101 Å². The molecular formula is C14H17FO2. The summed E-state index contributed by atoms with van der Waals surface area (Å²) in [4.78, 5) is 11.8. The maximum Gasteiger partial charge on any atom is 0.341 e. The summed E-state index contributed by atoms with van der Waals surface area (Å²) >= 11 is 0. The molecule has 0 bridgehead atoms. The van der Waals surface area contributed by atoms with E-state index in [0.29, 0.717) is 5.56 Å². The lowest BCUT2D eigenvalue weighted by Gasteiger charge is -2.21. The lowest BCUT2D eigenvalue weighted by atomic mass is 9.98. The van der Waals surface area contributed by atoms with E-state index < -0.39 is 11.8 Å². The van der Waals surface area contributed by atoms with Crippen molar-refractivity contribution in [2.45, 2.75) is 45.1 Å². The van der Waals surface area contributed by atoms with E-state index in [1.54, 1.807) is 19.1 Å². The highest BCUT2D eigenvalue weighted by Crippen LogP contribution is 2.22. The number of ether oxygens (including phenoxy) is 1. The molecule has 0 amide bonds. The first kappa shape index (κ1) is 12.1. The van der Waals surface area contributed by atoms with E-state index in [1.165, 1.54) is 12.5 Å². The fourth-order valence-corrected chi connectivity index (χ4v) is 2.20. The van der Waals surface area contributed by atoms with E-state index in [1.807, 2.05) is 0 Å². The van der Waals surface area contributed by atoms with Gasteiger partial charge in [0.1, 0.15) is 11.9 Å². The Morgan fingerprint density at radius 2 is 2.00 bits per heavy atom. The quantitative estimate of drug-likeness (QED) is 0.733. The van der Waals surface area contributed by atoms with Gasteiger partial charge in [-0.1, -0.05) is 18.6 Å². The van der Waals surface area contributed by atoms with Crippen molar-refractivity contribution in [1.29, 1.82) is 0 Å². The SMILES string of the molecule is Cc1cccc(C(=O)OC2CCCCC2)c1F. The Morgan fingerprint density at radius 3 is 2.71 bits per heavy atom. The molecule has 17 heavy (non-hydrogen) atoms. The highest BCUT2D eigenvalue weighted by atomic mass is 19.1. The molecule has 1 aromatic rings. The van der Waals surface area contributed by atoms with Crippen LogP contribution in [0.5, 0.6) is 0 Å². The zero-order valence-electron chi connectivity index (χ0n) is 10.0. The third kappa shape index (κ3) is 2.84. The minimum absolute atomic E-state index is 0.0313. The highest BCUT2D eigenvalue weighted by Gasteiger charge is 2.21. The van der Waals surface area contributed by atoms with Crippen LogP contribution in [0.25, 0.3) is 0 Å². The number of halogens is 1. The minimum atomic E-state index is -0.530. The third-order valence-corrected chi connectivity index (χ3v) is 3.24. The van der Waals surface area contributed by atoms with Gasteiger partial charge in [-0.05, 0) is 44.2 Å². The van der Waals surface area contributed by atoms with Gasteiger partial charge < -0.3 is 4.74 Å². The second-order valence-corrected chi connectivity index (χ2v) is 4.60. The van der Waals surface area contributed by atoms with Crippen LogP contribution in [0.15, 0.2) is 18.2 Å². The highest BCUT2D eigenvalue weighted by molar-refractivity contribution is 5.90. The fraction of sp³-hybridized carbons (Fsp3) is 0.500. The molecule has 2 nitrogen and oxygen atoms in total. The largest absolute Gasteiger partial charge is 0.459 e. The molecule has 92 valence electrons. The van der Waals surface area contributed by atoms with E-state index >= 15 is 0 Å². The number of carbonyl (C=O) groups excluding carboxylic acids is 1. The first-order valence-electron chi connectivity index (χ1n) is 6.14. The van der Waals surface area contributed by atoms with Crippen molar-refractivity contribution < 1.29 is 13.9 Å². The van der Waals surface area contributed by atoms with Crippen molar-refractivity contribution in [1.82, 2.24) is 0 Å². The normalized spacial score (nSPS) is 16.8. The van der Waals surface area contributed by atoms with Crippen molar-refractivity contribution in [3.8, 4) is 0 Å². The molecule has 0 spiro atoms. The summed E-state index contributed by atoms with van der Waals surface area (Å²) in [6, 6.07) is 4.80. The standard InChI is InChI=1S/C14H17FO2/c1-10-6-5-9-12(13(10)15)14(16)17-11-7-3-2-4-8-11/h5-6,9,11H,2-4,7-8H2,1H3. The second kappa shape index (κ2) is 5.30. The van der Waals surface area contributed by atoms with E-state index in [0.717, 1.165) is 25.7 Å². The van der Waals surface area contributed by atoms with Gasteiger partial charge in [0.15, 0.2) is 0 Å². The average molecular weight is 236 g/mol. The van der Waals surface area contributed by atoms with E-state index in [4.69, 9.17) is 4.74 Å². The molecule has 0 atom stereocenters. The second-order valence-electron chi connectivity index (χ2n) is 4.60. The van der Waals surface area contributed by atoms with Gasteiger partial charge in [0.25, 0.3) is 0 Å². The van der Waals surface area contributed by atoms with Crippen molar-refractivity contribution in [3.05, 3.63) is 35.1 Å². The molecule has 0 aliphatic heterocycles. The maximum atomic E-state index is 13.7. The molecule has 0 radical (unpaired) electrons. The molecule has 1 aliphatic carbocycles. The van der Waals surface area contributed by atoms with Gasteiger partial charge in [-0.25, -0.2) is 9.18 Å². The van der Waals surface area contributed by atoms with Crippen LogP contribution >= 0.6 is 0 Å². The number of benzene rings is 1. The number of carbonyl (C=O) groups is 1. The topological polar surface area (TPSA) is 26.3 Å². The van der Waals surface area contributed by atoms with Gasteiger partial charge in [0, 0.05) is 0 Å². The first-order valence-corrected chi connectivity index (χ1v) is 6.14. The van der Waals surface area contributed by atoms with Crippen molar-refractivity contribution in [3.63, 3.8) is 0 Å². The summed E-state index contributed by atoms with van der Waals surface area (Å²) < 4.78 is 19.0. The minimum Gasteiger partial charge on any atom is -0.459 e. The van der Waals surface area contributed by atoms with Gasteiger partial charge in [0.2, 0.25) is 0 Å². The van der Waals surface area contributed by atoms with Crippen LogP contribution in [0, 0.1) is 12.7 Å². The van der Waals surface area contributed by atoms with Crippen molar-refractivity contribution in [2.24, 2.45) is 0 Å². The van der Waals surface area contributed by atoms with Crippen LogP contribution in [-0.4, -0.2) is 12.1 Å². The Kier molecular flexibility index (Phi) is 3.77. The molecule has 3 heteroatoms. The summed E-state index contributed by atoms with van der Waals surface area (Å²) in [7, 11) is 0. The summed E-state index contributed by atoms with van der Waals surface area (Å²) in [5.74, 6) is -0.994. The molecule has 1 saturated carbocycles.